The van der Waals surface area contributed by atoms with Crippen LogP contribution in [-0.2, 0) is 0 Å². The molecule has 0 saturated heterocycles. The molecular formula is C11H14BrN3OS. The first kappa shape index (κ1) is 14.1. The third-order valence-corrected chi connectivity index (χ3v) is 2.91. The van der Waals surface area contributed by atoms with Crippen molar-refractivity contribution >= 4 is 39.0 Å². The predicted molar refractivity (Wildman–Crippen MR) is 74.9 cm³/mol. The van der Waals surface area contributed by atoms with Gasteiger partial charge in [-0.05, 0) is 28.4 Å². The molecule has 0 saturated carbocycles. The zero-order valence-corrected chi connectivity index (χ0v) is 11.8. The maximum atomic E-state index is 11.9. The van der Waals surface area contributed by atoms with Crippen molar-refractivity contribution in [2.45, 2.75) is 25.8 Å². The summed E-state index contributed by atoms with van der Waals surface area (Å²) in [6, 6.07) is 1.44. The molecule has 17 heavy (non-hydrogen) atoms. The number of hydrogen-bond acceptors (Lipinski definition) is 3. The van der Waals surface area contributed by atoms with Gasteiger partial charge in [0.1, 0.15) is 0 Å². The first-order valence-electron chi connectivity index (χ1n) is 5.25. The van der Waals surface area contributed by atoms with E-state index in [1.165, 1.54) is 6.20 Å². The van der Waals surface area contributed by atoms with Gasteiger partial charge in [-0.25, -0.2) is 0 Å². The highest BCUT2D eigenvalue weighted by Gasteiger charge is 2.15. The van der Waals surface area contributed by atoms with Gasteiger partial charge in [0.2, 0.25) is 0 Å². The van der Waals surface area contributed by atoms with Gasteiger partial charge in [0.05, 0.1) is 16.6 Å². The molecule has 3 N–H and O–H groups in total. The molecule has 6 heteroatoms. The number of nitrogens with two attached hydrogens (primary N) is 1. The first-order chi connectivity index (χ1) is 8.04. The molecule has 0 bridgehead atoms. The number of aromatic nitrogens is 1. The van der Waals surface area contributed by atoms with Crippen molar-refractivity contribution in [1.29, 1.82) is 0 Å². The second-order valence-corrected chi connectivity index (χ2v) is 5.00. The summed E-state index contributed by atoms with van der Waals surface area (Å²) in [4.78, 5) is 16.1. The summed E-state index contributed by atoms with van der Waals surface area (Å²) in [6.45, 7) is 2.01. The fraction of sp³-hybridized carbons (Fsp3) is 0.364. The van der Waals surface area contributed by atoms with E-state index in [0.717, 1.165) is 17.3 Å². The minimum Gasteiger partial charge on any atom is -0.392 e. The molecule has 1 aromatic rings. The maximum absolute atomic E-state index is 11.9. The highest BCUT2D eigenvalue weighted by molar-refractivity contribution is 9.10. The number of thiocarbonyl (C=S) groups is 1. The van der Waals surface area contributed by atoms with Crippen molar-refractivity contribution in [3.05, 3.63) is 28.5 Å². The summed E-state index contributed by atoms with van der Waals surface area (Å²) in [5.74, 6) is -0.218. The molecule has 0 spiro atoms. The number of hydrogen-bond donors (Lipinski definition) is 2. The van der Waals surface area contributed by atoms with Crippen LogP contribution in [-0.4, -0.2) is 21.9 Å². The number of carbonyl (C=O) groups is 1. The van der Waals surface area contributed by atoms with Crippen LogP contribution < -0.4 is 11.1 Å². The van der Waals surface area contributed by atoms with Gasteiger partial charge in [-0.3, -0.25) is 9.78 Å². The maximum Gasteiger partial charge on any atom is 0.253 e. The third-order valence-electron chi connectivity index (χ3n) is 2.19. The van der Waals surface area contributed by atoms with Crippen LogP contribution in [0.25, 0.3) is 0 Å². The van der Waals surface area contributed by atoms with Crippen molar-refractivity contribution in [2.75, 3.05) is 0 Å². The van der Waals surface area contributed by atoms with Crippen LogP contribution >= 0.6 is 28.1 Å². The van der Waals surface area contributed by atoms with Gasteiger partial charge in [0, 0.05) is 16.9 Å². The van der Waals surface area contributed by atoms with E-state index in [1.54, 1.807) is 12.3 Å². The van der Waals surface area contributed by atoms with Crippen molar-refractivity contribution in [2.24, 2.45) is 5.73 Å². The molecule has 1 atom stereocenters. The SMILES string of the molecule is CCCC(NC(=O)c1cncc(Br)c1)C(N)=S. The fourth-order valence-corrected chi connectivity index (χ4v) is 1.89. The molecule has 0 radical (unpaired) electrons. The minimum atomic E-state index is -0.263. The Morgan fingerprint density at radius 3 is 2.88 bits per heavy atom. The van der Waals surface area contributed by atoms with Crippen LogP contribution in [0.1, 0.15) is 30.1 Å². The average molecular weight is 316 g/mol. The molecule has 0 aliphatic rings. The number of nitrogens with one attached hydrogen (secondary N) is 1. The van der Waals surface area contributed by atoms with E-state index in [4.69, 9.17) is 18.0 Å². The lowest BCUT2D eigenvalue weighted by Crippen LogP contribution is -2.43. The number of pyridine rings is 1. The van der Waals surface area contributed by atoms with E-state index >= 15 is 0 Å². The number of rotatable bonds is 5. The lowest BCUT2D eigenvalue weighted by atomic mass is 10.1. The predicted octanol–water partition coefficient (Wildman–Crippen LogP) is 2.03. The van der Waals surface area contributed by atoms with Crippen LogP contribution in [0.4, 0.5) is 0 Å². The Bertz CT molecular complexity index is 425. The van der Waals surface area contributed by atoms with Gasteiger partial charge < -0.3 is 11.1 Å². The highest BCUT2D eigenvalue weighted by Crippen LogP contribution is 2.10. The Balaban J connectivity index is 2.73. The number of nitrogens with zero attached hydrogens (tertiary/aromatic N) is 1. The summed E-state index contributed by atoms with van der Waals surface area (Å²) < 4.78 is 0.757. The van der Waals surface area contributed by atoms with Gasteiger partial charge in [0.25, 0.3) is 5.91 Å². The number of halogens is 1. The van der Waals surface area contributed by atoms with Gasteiger partial charge in [-0.1, -0.05) is 25.6 Å². The summed E-state index contributed by atoms with van der Waals surface area (Å²) in [5, 5.41) is 2.79. The molecule has 1 rings (SSSR count). The standard InChI is InChI=1S/C11H14BrN3OS/c1-2-3-9(10(13)17)15-11(16)7-4-8(12)6-14-5-7/h4-6,9H,2-3H2,1H3,(H2,13,17)(H,15,16). The summed E-state index contributed by atoms with van der Waals surface area (Å²) >= 11 is 8.18. The normalized spacial score (nSPS) is 11.9. The lowest BCUT2D eigenvalue weighted by molar-refractivity contribution is 0.0945. The number of carbonyl (C=O) groups excluding carboxylic acids is 1. The monoisotopic (exact) mass is 315 g/mol. The smallest absolute Gasteiger partial charge is 0.253 e. The molecule has 0 aromatic carbocycles. The van der Waals surface area contributed by atoms with E-state index in [2.05, 4.69) is 26.2 Å². The van der Waals surface area contributed by atoms with E-state index < -0.39 is 0 Å². The zero-order chi connectivity index (χ0) is 12.8. The molecular weight excluding hydrogens is 302 g/mol. The van der Waals surface area contributed by atoms with Gasteiger partial charge in [-0.15, -0.1) is 0 Å². The van der Waals surface area contributed by atoms with Crippen LogP contribution in [0.2, 0.25) is 0 Å². The van der Waals surface area contributed by atoms with E-state index in [0.29, 0.717) is 10.6 Å². The minimum absolute atomic E-state index is 0.218. The molecule has 4 nitrogen and oxygen atoms in total. The quantitative estimate of drug-likeness (QED) is 0.816. The molecule has 1 amide bonds. The molecule has 0 aliphatic heterocycles. The highest BCUT2D eigenvalue weighted by atomic mass is 79.9. The fourth-order valence-electron chi connectivity index (χ4n) is 1.35. The van der Waals surface area contributed by atoms with Crippen LogP contribution in [0.5, 0.6) is 0 Å². The molecule has 1 unspecified atom stereocenters. The Kier molecular flexibility index (Phi) is 5.50. The molecule has 1 aromatic heterocycles. The van der Waals surface area contributed by atoms with E-state index in [1.807, 2.05) is 6.92 Å². The molecule has 1 heterocycles. The van der Waals surface area contributed by atoms with Gasteiger partial charge in [-0.2, -0.15) is 0 Å². The van der Waals surface area contributed by atoms with Crippen molar-refractivity contribution in [1.82, 2.24) is 10.3 Å². The Morgan fingerprint density at radius 1 is 1.65 bits per heavy atom. The van der Waals surface area contributed by atoms with Crippen molar-refractivity contribution < 1.29 is 4.79 Å². The molecule has 0 aliphatic carbocycles. The lowest BCUT2D eigenvalue weighted by Gasteiger charge is -2.16. The van der Waals surface area contributed by atoms with Crippen molar-refractivity contribution in [3.63, 3.8) is 0 Å². The van der Waals surface area contributed by atoms with Crippen LogP contribution in [0.15, 0.2) is 22.9 Å². The van der Waals surface area contributed by atoms with Crippen molar-refractivity contribution in [3.8, 4) is 0 Å². The average Bonchev–Trinajstić information content (AvgIpc) is 2.28. The third kappa shape index (κ3) is 4.40. The topological polar surface area (TPSA) is 68.0 Å². The first-order valence-corrected chi connectivity index (χ1v) is 6.45. The van der Waals surface area contributed by atoms with Crippen LogP contribution in [0.3, 0.4) is 0 Å². The summed E-state index contributed by atoms with van der Waals surface area (Å²) in [6.07, 6.45) is 4.76. The second-order valence-electron chi connectivity index (χ2n) is 3.61. The van der Waals surface area contributed by atoms with Gasteiger partial charge in [0.15, 0.2) is 0 Å². The molecule has 0 fully saturated rings. The largest absolute Gasteiger partial charge is 0.392 e. The zero-order valence-electron chi connectivity index (χ0n) is 9.44. The Morgan fingerprint density at radius 2 is 2.35 bits per heavy atom. The Labute approximate surface area is 114 Å². The summed E-state index contributed by atoms with van der Waals surface area (Å²) in [5.41, 5.74) is 6.05. The number of amides is 1. The van der Waals surface area contributed by atoms with E-state index in [-0.39, 0.29) is 11.9 Å². The van der Waals surface area contributed by atoms with E-state index in [9.17, 15) is 4.79 Å². The van der Waals surface area contributed by atoms with Crippen LogP contribution in [0, 0.1) is 0 Å². The summed E-state index contributed by atoms with van der Waals surface area (Å²) in [7, 11) is 0. The Hall–Kier alpha value is -1.01. The van der Waals surface area contributed by atoms with Gasteiger partial charge >= 0.3 is 0 Å². The molecule has 92 valence electrons. The second kappa shape index (κ2) is 6.66.